The summed E-state index contributed by atoms with van der Waals surface area (Å²) in [7, 11) is 3.87. The van der Waals surface area contributed by atoms with E-state index in [9.17, 15) is 9.59 Å². The molecule has 1 aromatic carbocycles. The average Bonchev–Trinajstić information content (AvgIpc) is 3.57. The summed E-state index contributed by atoms with van der Waals surface area (Å²) >= 11 is 0. The molecule has 1 radical (unpaired) electrons. The lowest BCUT2D eigenvalue weighted by Crippen LogP contribution is -2.40. The topological polar surface area (TPSA) is 81.7 Å². The third-order valence-electron chi connectivity index (χ3n) is 11.3. The van der Waals surface area contributed by atoms with Crippen molar-refractivity contribution in [2.24, 2.45) is 29.1 Å². The highest BCUT2D eigenvalue weighted by atomic mass is 16.5. The van der Waals surface area contributed by atoms with Crippen LogP contribution in [0.25, 0.3) is 17.0 Å². The first-order chi connectivity index (χ1) is 24.6. The number of pyridine rings is 1. The molecule has 0 bridgehead atoms. The molecular formula is C43H63BN2O5+. The quantitative estimate of drug-likeness (QED) is 0.0518. The Labute approximate surface area is 308 Å². The Morgan fingerprint density at radius 3 is 2.59 bits per heavy atom. The maximum Gasteiger partial charge on any atom is 0.224 e. The zero-order valence-electron chi connectivity index (χ0n) is 32.4. The van der Waals surface area contributed by atoms with Gasteiger partial charge < -0.3 is 19.2 Å². The fourth-order valence-corrected chi connectivity index (χ4v) is 8.27. The maximum absolute atomic E-state index is 13.0. The summed E-state index contributed by atoms with van der Waals surface area (Å²) in [4.78, 5) is 23.9. The van der Waals surface area contributed by atoms with Crippen molar-refractivity contribution in [1.82, 2.24) is 0 Å². The number of fused-ring (bicyclic) bond motifs is 1. The van der Waals surface area contributed by atoms with Gasteiger partial charge in [0.25, 0.3) is 0 Å². The number of nitrogens with zero attached hydrogens (tertiary/aromatic N) is 1. The van der Waals surface area contributed by atoms with Gasteiger partial charge >= 0.3 is 0 Å². The van der Waals surface area contributed by atoms with E-state index in [1.165, 1.54) is 51.0 Å². The number of rotatable bonds is 21. The van der Waals surface area contributed by atoms with Crippen molar-refractivity contribution in [1.29, 1.82) is 0 Å². The summed E-state index contributed by atoms with van der Waals surface area (Å²) < 4.78 is 20.0. The molecule has 2 aromatic heterocycles. The number of hydrogen-bond acceptors (Lipinski definition) is 5. The maximum atomic E-state index is 13.0. The molecule has 8 heteroatoms. The highest BCUT2D eigenvalue weighted by molar-refractivity contribution is 6.35. The van der Waals surface area contributed by atoms with E-state index in [0.29, 0.717) is 41.4 Å². The van der Waals surface area contributed by atoms with Gasteiger partial charge in [-0.05, 0) is 72.5 Å². The summed E-state index contributed by atoms with van der Waals surface area (Å²) in [6.07, 6.45) is 23.1. The van der Waals surface area contributed by atoms with Crippen LogP contribution in [0.1, 0.15) is 117 Å². The van der Waals surface area contributed by atoms with Gasteiger partial charge in [0.1, 0.15) is 13.6 Å². The van der Waals surface area contributed by atoms with Crippen LogP contribution in [-0.2, 0) is 9.59 Å². The molecule has 5 unspecified atom stereocenters. The van der Waals surface area contributed by atoms with E-state index in [4.69, 9.17) is 13.9 Å². The second-order valence-electron chi connectivity index (χ2n) is 15.9. The number of carbonyl (C=O) groups excluding carboxylic acids is 2. The predicted octanol–water partition coefficient (Wildman–Crippen LogP) is 10.5. The number of methoxy groups -OCH3 is 1. The van der Waals surface area contributed by atoms with Crippen LogP contribution in [0, 0.1) is 29.1 Å². The molecule has 1 aliphatic carbocycles. The van der Waals surface area contributed by atoms with Crippen LogP contribution in [0.2, 0.25) is 12.6 Å². The Kier molecular flexibility index (Phi) is 15.7. The molecule has 7 nitrogen and oxygen atoms in total. The normalized spacial score (nSPS) is 19.0. The van der Waals surface area contributed by atoms with E-state index in [2.05, 4.69) is 58.7 Å². The summed E-state index contributed by atoms with van der Waals surface area (Å²) in [6, 6.07) is 7.93. The molecule has 2 heterocycles. The van der Waals surface area contributed by atoms with E-state index in [1.54, 1.807) is 19.4 Å². The minimum atomic E-state index is 0.0782. The van der Waals surface area contributed by atoms with Crippen molar-refractivity contribution in [3.8, 4) is 11.5 Å². The van der Waals surface area contributed by atoms with Crippen LogP contribution in [0.15, 0.2) is 53.4 Å². The molecule has 0 aliphatic heterocycles. The molecule has 1 saturated carbocycles. The van der Waals surface area contributed by atoms with Crippen LogP contribution in [0.4, 0.5) is 5.69 Å². The van der Waals surface area contributed by atoms with Gasteiger partial charge in [-0.15, -0.1) is 0 Å². The summed E-state index contributed by atoms with van der Waals surface area (Å²) in [6.45, 7) is 14.6. The number of amides is 1. The highest BCUT2D eigenvalue weighted by Gasteiger charge is 2.36. The lowest BCUT2D eigenvalue weighted by Gasteiger charge is -2.43. The number of allylic oxidation sites excluding steroid dienone is 1. The van der Waals surface area contributed by atoms with Gasteiger partial charge in [-0.3, -0.25) is 9.59 Å². The molecule has 1 aliphatic rings. The minimum Gasteiger partial charge on any atom is -0.492 e. The van der Waals surface area contributed by atoms with Crippen LogP contribution in [0.5, 0.6) is 11.5 Å². The molecule has 0 spiro atoms. The van der Waals surface area contributed by atoms with Crippen molar-refractivity contribution < 1.29 is 28.0 Å². The minimum absolute atomic E-state index is 0.0782. The van der Waals surface area contributed by atoms with E-state index in [-0.39, 0.29) is 11.9 Å². The van der Waals surface area contributed by atoms with Crippen LogP contribution in [-0.4, -0.2) is 33.2 Å². The molecular weight excluding hydrogens is 635 g/mol. The molecule has 1 N–H and O–H groups in total. The third kappa shape index (κ3) is 11.7. The van der Waals surface area contributed by atoms with Crippen molar-refractivity contribution in [3.05, 3.63) is 54.6 Å². The van der Waals surface area contributed by atoms with Crippen molar-refractivity contribution in [2.75, 3.05) is 19.0 Å². The number of carbonyl (C=O) groups is 2. The Morgan fingerprint density at radius 1 is 1.12 bits per heavy atom. The number of nitrogens with one attached hydrogen (secondary N) is 1. The first kappa shape index (κ1) is 40.2. The third-order valence-corrected chi connectivity index (χ3v) is 11.3. The van der Waals surface area contributed by atoms with Gasteiger partial charge in [-0.1, -0.05) is 86.4 Å². The average molecular weight is 699 g/mol. The Bertz CT molecular complexity index is 1550. The number of ether oxygens (including phenoxy) is 2. The monoisotopic (exact) mass is 698 g/mol. The standard InChI is InChI=1S/C43H62BN2O5/c1-8-44-30-37(21-27-51-42-40(49-7)34(15-11-25-47)29-35-20-26-50-41(35)42)46-23-18-36(19-24-46)45-39(48)28-32(3)13-9-12-31(2)16-17-38-33(4)14-10-22-43(38,5)6/h11,15,18-20,23-26,29,31-33,37-38H,8-10,12-14,16-17,21-22,27-28,30H2,1-7H3/p+1. The smallest absolute Gasteiger partial charge is 0.224 e. The van der Waals surface area contributed by atoms with Gasteiger partial charge in [0.05, 0.1) is 25.7 Å². The lowest BCUT2D eigenvalue weighted by molar-refractivity contribution is -0.720. The second kappa shape index (κ2) is 19.9. The molecule has 4 rings (SSSR count). The summed E-state index contributed by atoms with van der Waals surface area (Å²) in [5, 5.41) is 4.00. The highest BCUT2D eigenvalue weighted by Crippen LogP contribution is 2.46. The number of aromatic nitrogens is 1. The van der Waals surface area contributed by atoms with E-state index < -0.39 is 0 Å². The molecule has 5 atom stereocenters. The molecule has 51 heavy (non-hydrogen) atoms. The van der Waals surface area contributed by atoms with E-state index in [1.807, 2.05) is 36.7 Å². The van der Waals surface area contributed by atoms with E-state index in [0.717, 1.165) is 66.2 Å². The fraction of sp³-hybridized carbons (Fsp3) is 0.605. The largest absolute Gasteiger partial charge is 0.492 e. The fourth-order valence-electron chi connectivity index (χ4n) is 8.27. The zero-order chi connectivity index (χ0) is 36.8. The zero-order valence-corrected chi connectivity index (χ0v) is 32.4. The van der Waals surface area contributed by atoms with Crippen molar-refractivity contribution in [3.63, 3.8) is 0 Å². The first-order valence-corrected chi connectivity index (χ1v) is 19.5. The predicted molar refractivity (Wildman–Crippen MR) is 210 cm³/mol. The second-order valence-corrected chi connectivity index (χ2v) is 15.9. The number of furan rings is 1. The van der Waals surface area contributed by atoms with Gasteiger partial charge in [-0.2, -0.15) is 0 Å². The van der Waals surface area contributed by atoms with Crippen LogP contribution < -0.4 is 19.4 Å². The Hall–Kier alpha value is -3.55. The molecule has 277 valence electrons. The van der Waals surface area contributed by atoms with Gasteiger partial charge in [0.2, 0.25) is 11.7 Å². The van der Waals surface area contributed by atoms with E-state index >= 15 is 0 Å². The Morgan fingerprint density at radius 2 is 1.88 bits per heavy atom. The van der Waals surface area contributed by atoms with Gasteiger partial charge in [0.15, 0.2) is 29.8 Å². The number of hydrogen-bond donors (Lipinski definition) is 1. The number of aldehydes is 1. The number of anilines is 1. The van der Waals surface area contributed by atoms with Gasteiger partial charge in [-0.25, -0.2) is 4.57 Å². The summed E-state index contributed by atoms with van der Waals surface area (Å²) in [5.74, 6) is 3.95. The molecule has 0 saturated heterocycles. The molecule has 1 fully saturated rings. The molecule has 3 aromatic rings. The molecule has 1 amide bonds. The van der Waals surface area contributed by atoms with Crippen LogP contribution in [0.3, 0.4) is 0 Å². The van der Waals surface area contributed by atoms with Crippen LogP contribution >= 0.6 is 0 Å². The van der Waals surface area contributed by atoms with Crippen molar-refractivity contribution in [2.45, 2.75) is 124 Å². The van der Waals surface area contributed by atoms with Gasteiger partial charge in [0, 0.05) is 35.9 Å². The van der Waals surface area contributed by atoms with Crippen molar-refractivity contribution >= 4 is 42.2 Å². The number of benzene rings is 1. The Balaban J connectivity index is 1.24. The first-order valence-electron chi connectivity index (χ1n) is 19.5. The SMILES string of the molecule is CC[B]CC(CCOc1c(OC)c(C=CC=O)cc2ccoc12)[n+]1ccc(NC(=O)CC(C)CCCC(C)CCC2C(C)CCCC2(C)C)cc1. The summed E-state index contributed by atoms with van der Waals surface area (Å²) in [5.41, 5.74) is 2.67. The lowest BCUT2D eigenvalue weighted by atomic mass is 9.62.